The van der Waals surface area contributed by atoms with Crippen molar-refractivity contribution in [3.63, 3.8) is 0 Å². The van der Waals surface area contributed by atoms with Gasteiger partial charge in [-0.1, -0.05) is 48.5 Å². The van der Waals surface area contributed by atoms with E-state index in [-0.39, 0.29) is 11.9 Å². The van der Waals surface area contributed by atoms with Crippen LogP contribution >= 0.6 is 0 Å². The van der Waals surface area contributed by atoms with Crippen LogP contribution in [0.2, 0.25) is 0 Å². The Bertz CT molecular complexity index is 1210. The molecule has 1 aliphatic heterocycles. The second-order valence-electron chi connectivity index (χ2n) is 7.23. The van der Waals surface area contributed by atoms with Crippen LogP contribution < -0.4 is 0 Å². The summed E-state index contributed by atoms with van der Waals surface area (Å²) in [5.41, 5.74) is 4.81. The number of carbonyl (C=O) groups excluding carboxylic acids is 1. The molecule has 0 fully saturated rings. The number of hydrogen-bond acceptors (Lipinski definition) is 3. The van der Waals surface area contributed by atoms with Crippen LogP contribution in [0, 0.1) is 0 Å². The van der Waals surface area contributed by atoms with Gasteiger partial charge in [-0.3, -0.25) is 9.78 Å². The van der Waals surface area contributed by atoms with Gasteiger partial charge in [0.15, 0.2) is 0 Å². The molecule has 5 rings (SSSR count). The molecule has 1 aliphatic rings. The first kappa shape index (κ1) is 17.4. The van der Waals surface area contributed by atoms with Crippen LogP contribution in [0.3, 0.4) is 0 Å². The number of amides is 1. The molecule has 0 saturated carbocycles. The molecule has 1 atom stereocenters. The molecule has 0 radical (unpaired) electrons. The van der Waals surface area contributed by atoms with Crippen molar-refractivity contribution < 1.29 is 4.79 Å². The Kier molecular flexibility index (Phi) is 4.21. The lowest BCUT2D eigenvalue weighted by molar-refractivity contribution is 0.0712. The standard InChI is InChI=1S/C24H20N4O/c1-27-16-20(19-9-5-6-10-22(19)27)23-15-21(17-7-3-2-4-8-17)26-28(23)24(29)18-11-13-25-14-12-18/h2-14,16,23H,15H2,1H3. The first-order chi connectivity index (χ1) is 14.2. The number of benzene rings is 2. The highest BCUT2D eigenvalue weighted by molar-refractivity contribution is 6.05. The Labute approximate surface area is 168 Å². The van der Waals surface area contributed by atoms with Crippen molar-refractivity contribution in [2.75, 3.05) is 0 Å². The molecule has 142 valence electrons. The van der Waals surface area contributed by atoms with E-state index < -0.39 is 0 Å². The Morgan fingerprint density at radius 2 is 1.69 bits per heavy atom. The van der Waals surface area contributed by atoms with E-state index in [1.54, 1.807) is 29.5 Å². The molecule has 2 aromatic carbocycles. The van der Waals surface area contributed by atoms with Gasteiger partial charge in [0.25, 0.3) is 5.91 Å². The van der Waals surface area contributed by atoms with E-state index in [1.165, 1.54) is 0 Å². The van der Waals surface area contributed by atoms with E-state index in [0.29, 0.717) is 12.0 Å². The molecule has 3 heterocycles. The number of aromatic nitrogens is 2. The van der Waals surface area contributed by atoms with Crippen molar-refractivity contribution >= 4 is 22.5 Å². The second-order valence-corrected chi connectivity index (χ2v) is 7.23. The maximum Gasteiger partial charge on any atom is 0.274 e. The van der Waals surface area contributed by atoms with Gasteiger partial charge in [-0.05, 0) is 23.8 Å². The molecule has 2 aromatic heterocycles. The quantitative estimate of drug-likeness (QED) is 0.523. The summed E-state index contributed by atoms with van der Waals surface area (Å²) in [6.07, 6.45) is 6.07. The highest BCUT2D eigenvalue weighted by Gasteiger charge is 2.35. The van der Waals surface area contributed by atoms with Crippen molar-refractivity contribution in [2.24, 2.45) is 12.1 Å². The van der Waals surface area contributed by atoms with Crippen LogP contribution in [0.5, 0.6) is 0 Å². The molecule has 0 saturated heterocycles. The molecular weight excluding hydrogens is 360 g/mol. The van der Waals surface area contributed by atoms with E-state index in [0.717, 1.165) is 27.7 Å². The molecule has 1 unspecified atom stereocenters. The Balaban J connectivity index is 1.62. The van der Waals surface area contributed by atoms with E-state index in [9.17, 15) is 4.79 Å². The largest absolute Gasteiger partial charge is 0.350 e. The van der Waals surface area contributed by atoms with Gasteiger partial charge in [0, 0.05) is 54.1 Å². The second kappa shape index (κ2) is 7.02. The van der Waals surface area contributed by atoms with Crippen LogP contribution in [-0.4, -0.2) is 26.2 Å². The predicted octanol–water partition coefficient (Wildman–Crippen LogP) is 4.56. The third-order valence-electron chi connectivity index (χ3n) is 5.44. The molecule has 0 spiro atoms. The number of nitrogens with zero attached hydrogens (tertiary/aromatic N) is 4. The average Bonchev–Trinajstić information content (AvgIpc) is 3.36. The Morgan fingerprint density at radius 1 is 0.966 bits per heavy atom. The van der Waals surface area contributed by atoms with Gasteiger partial charge in [-0.2, -0.15) is 5.10 Å². The summed E-state index contributed by atoms with van der Waals surface area (Å²) >= 11 is 0. The summed E-state index contributed by atoms with van der Waals surface area (Å²) in [7, 11) is 2.04. The minimum Gasteiger partial charge on any atom is -0.350 e. The fourth-order valence-electron chi connectivity index (χ4n) is 4.01. The summed E-state index contributed by atoms with van der Waals surface area (Å²) in [5.74, 6) is -0.115. The number of pyridine rings is 1. The lowest BCUT2D eigenvalue weighted by Crippen LogP contribution is -2.27. The Morgan fingerprint density at radius 3 is 2.48 bits per heavy atom. The van der Waals surface area contributed by atoms with Gasteiger partial charge in [0.05, 0.1) is 11.8 Å². The number of para-hydroxylation sites is 1. The maximum absolute atomic E-state index is 13.3. The number of fused-ring (bicyclic) bond motifs is 1. The summed E-state index contributed by atoms with van der Waals surface area (Å²) in [5, 5.41) is 7.57. The molecule has 4 aromatic rings. The molecule has 0 bridgehead atoms. The Hall–Kier alpha value is -3.73. The van der Waals surface area contributed by atoms with Gasteiger partial charge in [-0.15, -0.1) is 0 Å². The van der Waals surface area contributed by atoms with Gasteiger partial charge in [0.2, 0.25) is 0 Å². The van der Waals surface area contributed by atoms with Crippen molar-refractivity contribution in [3.8, 4) is 0 Å². The summed E-state index contributed by atoms with van der Waals surface area (Å²) in [6.45, 7) is 0. The molecule has 5 heteroatoms. The SMILES string of the molecule is Cn1cc(C2CC(c3ccccc3)=NN2C(=O)c2ccncc2)c2ccccc21. The number of aryl methyl sites for hydroxylation is 1. The zero-order valence-corrected chi connectivity index (χ0v) is 16.1. The van der Waals surface area contributed by atoms with Crippen LogP contribution in [0.15, 0.2) is 90.4 Å². The van der Waals surface area contributed by atoms with Crippen LogP contribution in [0.25, 0.3) is 10.9 Å². The minimum absolute atomic E-state index is 0.115. The van der Waals surface area contributed by atoms with Gasteiger partial charge < -0.3 is 4.57 Å². The lowest BCUT2D eigenvalue weighted by atomic mass is 9.98. The fraction of sp³-hybridized carbons (Fsp3) is 0.125. The summed E-state index contributed by atoms with van der Waals surface area (Å²) in [6, 6.07) is 21.7. The lowest BCUT2D eigenvalue weighted by Gasteiger charge is -2.21. The highest BCUT2D eigenvalue weighted by Crippen LogP contribution is 2.38. The average molecular weight is 380 g/mol. The molecule has 1 amide bonds. The smallest absolute Gasteiger partial charge is 0.274 e. The molecular formula is C24H20N4O. The van der Waals surface area contributed by atoms with Crippen molar-refractivity contribution in [2.45, 2.75) is 12.5 Å². The monoisotopic (exact) mass is 380 g/mol. The number of hydrazone groups is 1. The predicted molar refractivity (Wildman–Crippen MR) is 114 cm³/mol. The molecule has 0 N–H and O–H groups in total. The maximum atomic E-state index is 13.3. The van der Waals surface area contributed by atoms with Crippen LogP contribution in [-0.2, 0) is 7.05 Å². The third kappa shape index (κ3) is 3.01. The van der Waals surface area contributed by atoms with Crippen LogP contribution in [0.1, 0.15) is 33.9 Å². The fourth-order valence-corrected chi connectivity index (χ4v) is 4.01. The number of hydrogen-bond donors (Lipinski definition) is 0. The van der Waals surface area contributed by atoms with E-state index in [4.69, 9.17) is 5.10 Å². The van der Waals surface area contributed by atoms with Crippen molar-refractivity contribution in [1.82, 2.24) is 14.6 Å². The zero-order valence-electron chi connectivity index (χ0n) is 16.1. The molecule has 0 aliphatic carbocycles. The first-order valence-electron chi connectivity index (χ1n) is 9.63. The molecule has 5 nitrogen and oxygen atoms in total. The highest BCUT2D eigenvalue weighted by atomic mass is 16.2. The normalized spacial score (nSPS) is 16.2. The third-order valence-corrected chi connectivity index (χ3v) is 5.44. The topological polar surface area (TPSA) is 50.5 Å². The van der Waals surface area contributed by atoms with Gasteiger partial charge >= 0.3 is 0 Å². The number of carbonyl (C=O) groups is 1. The number of rotatable bonds is 3. The molecule has 29 heavy (non-hydrogen) atoms. The van der Waals surface area contributed by atoms with Crippen molar-refractivity contribution in [1.29, 1.82) is 0 Å². The zero-order chi connectivity index (χ0) is 19.8. The van der Waals surface area contributed by atoms with Crippen LogP contribution in [0.4, 0.5) is 0 Å². The minimum atomic E-state index is -0.156. The van der Waals surface area contributed by atoms with Gasteiger partial charge in [-0.25, -0.2) is 5.01 Å². The summed E-state index contributed by atoms with van der Waals surface area (Å²) in [4.78, 5) is 17.4. The van der Waals surface area contributed by atoms with Crippen molar-refractivity contribution in [3.05, 3.63) is 102 Å². The van der Waals surface area contributed by atoms with E-state index in [2.05, 4.69) is 27.9 Å². The summed E-state index contributed by atoms with van der Waals surface area (Å²) < 4.78 is 2.11. The first-order valence-corrected chi connectivity index (χ1v) is 9.63. The van der Waals surface area contributed by atoms with E-state index >= 15 is 0 Å². The van der Waals surface area contributed by atoms with Gasteiger partial charge in [0.1, 0.15) is 0 Å². The van der Waals surface area contributed by atoms with E-state index in [1.807, 2.05) is 49.5 Å².